The molecule has 0 radical (unpaired) electrons. The quantitative estimate of drug-likeness (QED) is 0.135. The van der Waals surface area contributed by atoms with E-state index in [-0.39, 0.29) is 0 Å². The second-order valence-electron chi connectivity index (χ2n) is 20.1. The van der Waals surface area contributed by atoms with E-state index < -0.39 is 10.8 Å². The average molecular weight is 985 g/mol. The lowest BCUT2D eigenvalue weighted by atomic mass is 9.62. The van der Waals surface area contributed by atoms with E-state index in [1.54, 1.807) is 0 Å². The first-order chi connectivity index (χ1) is 38.1. The second kappa shape index (κ2) is 20.2. The van der Waals surface area contributed by atoms with Crippen molar-refractivity contribution >= 4 is 39.7 Å². The van der Waals surface area contributed by atoms with Gasteiger partial charge in [0.05, 0.1) is 16.8 Å². The zero-order valence-corrected chi connectivity index (χ0v) is 42.8. The standard InChI is InChI=1S/C75H56N2/c1-55-25-9-8-24-52-74(60-28-12-3-13-29-60,61-30-14-4-15-31-61)71-54-67(49-50-68(55)71)76(65-45-40-57(41-46-65)56-26-10-2-11-27-56)66-47-42-58(43-48-66)59-44-51-70-73(53-59)77(64-36-20-7-21-37-64)72-39-23-22-38-69(72)75(70,62-32-16-5-17-33-62)63-34-18-6-19-35-63/h2-51,53-54H,1,52H2/b24-8-,25-9-. The zero-order chi connectivity index (χ0) is 51.6. The maximum atomic E-state index is 4.68. The molecule has 77 heavy (non-hydrogen) atoms. The molecule has 0 saturated carbocycles. The molecule has 11 aromatic rings. The lowest BCUT2D eigenvalue weighted by Gasteiger charge is -2.46. The van der Waals surface area contributed by atoms with E-state index in [1.165, 1.54) is 50.1 Å². The van der Waals surface area contributed by atoms with Gasteiger partial charge in [0.2, 0.25) is 0 Å². The van der Waals surface area contributed by atoms with Crippen LogP contribution in [0.15, 0.2) is 322 Å². The van der Waals surface area contributed by atoms with Crippen LogP contribution < -0.4 is 9.80 Å². The van der Waals surface area contributed by atoms with Gasteiger partial charge in [-0.2, -0.15) is 0 Å². The van der Waals surface area contributed by atoms with Gasteiger partial charge in [-0.25, -0.2) is 0 Å². The molecule has 0 saturated heterocycles. The SMILES string of the molecule is C=C1/C=C\C=C/CC(c2ccccc2)(c2ccccc2)c2cc(N(c3ccc(-c4ccccc4)cc3)c3ccc(-c4ccc5c(c4)N(c4ccccc4)c4ccccc4C5(c4ccccc4)c4ccccc4)cc3)ccc21. The van der Waals surface area contributed by atoms with Gasteiger partial charge in [-0.05, 0) is 139 Å². The van der Waals surface area contributed by atoms with E-state index >= 15 is 0 Å². The van der Waals surface area contributed by atoms with Gasteiger partial charge in [0.1, 0.15) is 0 Å². The van der Waals surface area contributed by atoms with Crippen molar-refractivity contribution in [2.24, 2.45) is 0 Å². The first kappa shape index (κ1) is 47.0. The van der Waals surface area contributed by atoms with Crippen LogP contribution in [0.25, 0.3) is 27.8 Å². The number of anilines is 6. The Kier molecular flexibility index (Phi) is 12.3. The van der Waals surface area contributed by atoms with Crippen LogP contribution in [0.3, 0.4) is 0 Å². The summed E-state index contributed by atoms with van der Waals surface area (Å²) >= 11 is 0. The highest BCUT2D eigenvalue weighted by molar-refractivity contribution is 5.92. The van der Waals surface area contributed by atoms with Gasteiger partial charge >= 0.3 is 0 Å². The summed E-state index contributed by atoms with van der Waals surface area (Å²) in [6.07, 6.45) is 9.51. The number of hydrogen-bond acceptors (Lipinski definition) is 2. The predicted molar refractivity (Wildman–Crippen MR) is 323 cm³/mol. The van der Waals surface area contributed by atoms with Gasteiger partial charge in [-0.1, -0.05) is 261 Å². The lowest BCUT2D eigenvalue weighted by Crippen LogP contribution is -2.37. The van der Waals surface area contributed by atoms with Gasteiger partial charge in [-0.3, -0.25) is 0 Å². The van der Waals surface area contributed by atoms with Crippen LogP contribution in [-0.2, 0) is 10.8 Å². The number of benzene rings is 11. The number of fused-ring (bicyclic) bond motifs is 3. The highest BCUT2D eigenvalue weighted by Crippen LogP contribution is 2.58. The van der Waals surface area contributed by atoms with E-state index in [9.17, 15) is 0 Å². The largest absolute Gasteiger partial charge is 0.310 e. The summed E-state index contributed by atoms with van der Waals surface area (Å²) in [6.45, 7) is 4.68. The molecule has 2 heteroatoms. The molecule has 1 aliphatic heterocycles. The molecule has 0 unspecified atom stereocenters. The van der Waals surface area contributed by atoms with E-state index in [4.69, 9.17) is 0 Å². The number of rotatable bonds is 10. The van der Waals surface area contributed by atoms with Crippen molar-refractivity contribution in [1.29, 1.82) is 0 Å². The molecule has 0 amide bonds. The van der Waals surface area contributed by atoms with E-state index in [0.717, 1.165) is 62.8 Å². The first-order valence-corrected chi connectivity index (χ1v) is 26.7. The lowest BCUT2D eigenvalue weighted by molar-refractivity contribution is 0.626. The van der Waals surface area contributed by atoms with Crippen LogP contribution in [0.5, 0.6) is 0 Å². The molecule has 0 aromatic heterocycles. The Morgan fingerprint density at radius 3 is 1.39 bits per heavy atom. The predicted octanol–water partition coefficient (Wildman–Crippen LogP) is 19.5. The molecule has 11 aromatic carbocycles. The molecule has 0 bridgehead atoms. The summed E-state index contributed by atoms with van der Waals surface area (Å²) in [5.41, 5.74) is 20.8. The Hall–Kier alpha value is -9.76. The van der Waals surface area contributed by atoms with E-state index in [1.807, 2.05) is 0 Å². The van der Waals surface area contributed by atoms with Gasteiger partial charge in [0, 0.05) is 28.2 Å². The Bertz CT molecular complexity index is 3840. The maximum Gasteiger partial charge on any atom is 0.0742 e. The molecular formula is C75H56N2. The molecule has 1 aliphatic carbocycles. The minimum atomic E-state index is -0.581. The fourth-order valence-electron chi connectivity index (χ4n) is 12.3. The van der Waals surface area contributed by atoms with Crippen molar-refractivity contribution < 1.29 is 0 Å². The topological polar surface area (TPSA) is 6.48 Å². The van der Waals surface area contributed by atoms with Crippen LogP contribution >= 0.6 is 0 Å². The Morgan fingerprint density at radius 2 is 0.805 bits per heavy atom. The Balaban J connectivity index is 0.989. The third kappa shape index (κ3) is 8.23. The highest BCUT2D eigenvalue weighted by atomic mass is 15.2. The third-order valence-corrected chi connectivity index (χ3v) is 15.9. The number of para-hydroxylation sites is 2. The van der Waals surface area contributed by atoms with Gasteiger partial charge in [0.15, 0.2) is 0 Å². The summed E-state index contributed by atoms with van der Waals surface area (Å²) in [7, 11) is 0. The van der Waals surface area contributed by atoms with E-state index in [2.05, 4.69) is 332 Å². The molecule has 0 N–H and O–H groups in total. The smallest absolute Gasteiger partial charge is 0.0742 e. The van der Waals surface area contributed by atoms with Crippen molar-refractivity contribution in [3.05, 3.63) is 367 Å². The normalized spacial score (nSPS) is 14.9. The maximum absolute atomic E-state index is 4.68. The van der Waals surface area contributed by atoms with Gasteiger partial charge < -0.3 is 9.80 Å². The average Bonchev–Trinajstić information content (AvgIpc) is 3.76. The Labute approximate surface area is 453 Å². The Morgan fingerprint density at radius 1 is 0.351 bits per heavy atom. The molecule has 2 aliphatic rings. The van der Waals surface area contributed by atoms with Crippen molar-refractivity contribution in [3.63, 3.8) is 0 Å². The molecule has 0 spiro atoms. The molecule has 13 rings (SSSR count). The van der Waals surface area contributed by atoms with Crippen molar-refractivity contribution in [3.8, 4) is 22.3 Å². The number of nitrogens with zero attached hydrogens (tertiary/aromatic N) is 2. The van der Waals surface area contributed by atoms with Gasteiger partial charge in [0.25, 0.3) is 0 Å². The molecule has 366 valence electrons. The van der Waals surface area contributed by atoms with Crippen LogP contribution in [0, 0.1) is 0 Å². The summed E-state index contributed by atoms with van der Waals surface area (Å²) in [5, 5.41) is 0. The van der Waals surface area contributed by atoms with Crippen molar-refractivity contribution in [2.75, 3.05) is 9.80 Å². The molecule has 0 fully saturated rings. The molecular weight excluding hydrogens is 929 g/mol. The summed E-state index contributed by atoms with van der Waals surface area (Å²) in [6, 6.07) is 107. The summed E-state index contributed by atoms with van der Waals surface area (Å²) in [5.74, 6) is 0. The zero-order valence-electron chi connectivity index (χ0n) is 42.8. The third-order valence-electron chi connectivity index (χ3n) is 15.9. The van der Waals surface area contributed by atoms with Crippen LogP contribution in [0.2, 0.25) is 0 Å². The first-order valence-electron chi connectivity index (χ1n) is 26.7. The fraction of sp³-hybridized carbons (Fsp3) is 0.0400. The number of allylic oxidation sites excluding steroid dienone is 5. The van der Waals surface area contributed by atoms with Crippen LogP contribution in [0.4, 0.5) is 34.1 Å². The number of hydrogen-bond donors (Lipinski definition) is 0. The minimum absolute atomic E-state index is 0.523. The fourth-order valence-corrected chi connectivity index (χ4v) is 12.3. The van der Waals surface area contributed by atoms with Crippen molar-refractivity contribution in [2.45, 2.75) is 17.3 Å². The van der Waals surface area contributed by atoms with E-state index in [0.29, 0.717) is 0 Å². The molecule has 2 nitrogen and oxygen atoms in total. The monoisotopic (exact) mass is 984 g/mol. The van der Waals surface area contributed by atoms with Crippen LogP contribution in [-0.4, -0.2) is 0 Å². The van der Waals surface area contributed by atoms with Crippen LogP contribution in [0.1, 0.15) is 50.9 Å². The summed E-state index contributed by atoms with van der Waals surface area (Å²) < 4.78 is 0. The highest BCUT2D eigenvalue weighted by Gasteiger charge is 2.46. The van der Waals surface area contributed by atoms with Crippen molar-refractivity contribution in [1.82, 2.24) is 0 Å². The van der Waals surface area contributed by atoms with Gasteiger partial charge in [-0.15, -0.1) is 0 Å². The molecule has 0 atom stereocenters. The second-order valence-corrected chi connectivity index (χ2v) is 20.1. The minimum Gasteiger partial charge on any atom is -0.310 e. The summed E-state index contributed by atoms with van der Waals surface area (Å²) in [4.78, 5) is 4.87. The molecule has 1 heterocycles.